The van der Waals surface area contributed by atoms with Crippen molar-refractivity contribution in [1.29, 1.82) is 0 Å². The van der Waals surface area contributed by atoms with E-state index in [9.17, 15) is 22.4 Å². The highest BCUT2D eigenvalue weighted by Crippen LogP contribution is 2.34. The molecule has 0 aromatic heterocycles. The normalized spacial score (nSPS) is 13.3. The number of carbonyl (C=O) groups excluding carboxylic acids is 2. The molecule has 1 aliphatic heterocycles. The minimum atomic E-state index is -4.33. The highest BCUT2D eigenvalue weighted by molar-refractivity contribution is 7.92. The molecular weight excluding hydrogens is 525 g/mol. The van der Waals surface area contributed by atoms with E-state index in [0.29, 0.717) is 12.4 Å². The molecule has 0 saturated heterocycles. The maximum absolute atomic E-state index is 13.9. The summed E-state index contributed by atoms with van der Waals surface area (Å²) in [6.07, 6.45) is 0. The second-order valence-electron chi connectivity index (χ2n) is 9.03. The minimum absolute atomic E-state index is 0.0847. The van der Waals surface area contributed by atoms with Crippen LogP contribution in [0.1, 0.15) is 18.1 Å². The number of aryl methyl sites for hydroxylation is 1. The van der Waals surface area contributed by atoms with E-state index >= 15 is 0 Å². The molecule has 1 N–H and O–H groups in total. The quantitative estimate of drug-likeness (QED) is 0.435. The maximum atomic E-state index is 13.9. The third-order valence-corrected chi connectivity index (χ3v) is 8.28. The molecule has 9 nitrogen and oxygen atoms in total. The Bertz CT molecular complexity index is 1460. The number of carbonyl (C=O) groups is 2. The molecule has 0 spiro atoms. The fourth-order valence-corrected chi connectivity index (χ4v) is 5.64. The van der Waals surface area contributed by atoms with Crippen LogP contribution >= 0.6 is 0 Å². The number of ether oxygens (including phenoxy) is 2. The van der Waals surface area contributed by atoms with Gasteiger partial charge < -0.3 is 19.7 Å². The van der Waals surface area contributed by atoms with Crippen molar-refractivity contribution in [2.45, 2.75) is 31.3 Å². The number of sulfonamides is 1. The highest BCUT2D eigenvalue weighted by atomic mass is 32.2. The number of rotatable bonds is 9. The van der Waals surface area contributed by atoms with E-state index < -0.39 is 40.2 Å². The summed E-state index contributed by atoms with van der Waals surface area (Å²) >= 11 is 0. The molecular formula is C28H30FN3O6S. The summed E-state index contributed by atoms with van der Waals surface area (Å²) < 4.78 is 53.5. The summed E-state index contributed by atoms with van der Waals surface area (Å²) in [6, 6.07) is 15.5. The highest BCUT2D eigenvalue weighted by Gasteiger charge is 2.33. The van der Waals surface area contributed by atoms with Gasteiger partial charge >= 0.3 is 0 Å². The lowest BCUT2D eigenvalue weighted by molar-refractivity contribution is -0.139. The van der Waals surface area contributed by atoms with Crippen LogP contribution in [0.15, 0.2) is 71.6 Å². The van der Waals surface area contributed by atoms with E-state index in [1.165, 1.54) is 42.3 Å². The van der Waals surface area contributed by atoms with Crippen molar-refractivity contribution in [2.24, 2.45) is 0 Å². The summed E-state index contributed by atoms with van der Waals surface area (Å²) in [5.41, 5.74) is 1.81. The monoisotopic (exact) mass is 555 g/mol. The Kier molecular flexibility index (Phi) is 8.39. The van der Waals surface area contributed by atoms with E-state index in [2.05, 4.69) is 5.32 Å². The lowest BCUT2D eigenvalue weighted by Crippen LogP contribution is -2.50. The minimum Gasteiger partial charge on any atom is -0.486 e. The van der Waals surface area contributed by atoms with Crippen LogP contribution in [-0.4, -0.2) is 58.0 Å². The molecule has 1 aliphatic rings. The van der Waals surface area contributed by atoms with Crippen LogP contribution < -0.4 is 19.1 Å². The van der Waals surface area contributed by atoms with Crippen LogP contribution in [0.3, 0.4) is 0 Å². The smallest absolute Gasteiger partial charge is 0.264 e. The Morgan fingerprint density at radius 1 is 1.00 bits per heavy atom. The molecule has 1 atom stereocenters. The van der Waals surface area contributed by atoms with Gasteiger partial charge in [-0.3, -0.25) is 13.9 Å². The van der Waals surface area contributed by atoms with E-state index in [0.717, 1.165) is 27.6 Å². The molecule has 0 bridgehead atoms. The molecule has 3 aromatic carbocycles. The topological polar surface area (TPSA) is 105 Å². The van der Waals surface area contributed by atoms with Crippen molar-refractivity contribution in [3.8, 4) is 11.5 Å². The van der Waals surface area contributed by atoms with E-state index in [4.69, 9.17) is 9.47 Å². The van der Waals surface area contributed by atoms with Gasteiger partial charge in [0.2, 0.25) is 11.8 Å². The standard InChI is InChI=1S/C28H30FN3O6S/c1-19-6-4-5-7-21(19)17-31(20(2)28(34)30-3)27(33)18-32(23-10-8-22(29)9-11-23)39(35,36)24-12-13-25-26(16-24)38-15-14-37-25/h4-13,16,20H,14-15,17-18H2,1-3H3,(H,30,34)/t20-/m0/s1. The first-order valence-electron chi connectivity index (χ1n) is 12.4. The van der Waals surface area contributed by atoms with Gasteiger partial charge in [-0.25, -0.2) is 12.8 Å². The van der Waals surface area contributed by atoms with Crippen molar-refractivity contribution in [2.75, 3.05) is 31.1 Å². The van der Waals surface area contributed by atoms with Crippen LogP contribution in [0.5, 0.6) is 11.5 Å². The number of nitrogens with one attached hydrogen (secondary N) is 1. The molecule has 0 radical (unpaired) electrons. The first kappa shape index (κ1) is 27.9. The number of anilines is 1. The molecule has 0 aliphatic carbocycles. The van der Waals surface area contributed by atoms with Crippen LogP contribution in [0, 0.1) is 12.7 Å². The second kappa shape index (κ2) is 11.7. The number of fused-ring (bicyclic) bond motifs is 1. The summed E-state index contributed by atoms with van der Waals surface area (Å²) in [6.45, 7) is 3.53. The molecule has 11 heteroatoms. The first-order chi connectivity index (χ1) is 18.6. The molecule has 2 amide bonds. The van der Waals surface area contributed by atoms with Crippen LogP contribution in [0.4, 0.5) is 10.1 Å². The number of amides is 2. The van der Waals surface area contributed by atoms with E-state index in [1.807, 2.05) is 31.2 Å². The van der Waals surface area contributed by atoms with Crippen molar-refractivity contribution < 1.29 is 31.9 Å². The fourth-order valence-electron chi connectivity index (χ4n) is 4.21. The predicted octanol–water partition coefficient (Wildman–Crippen LogP) is 3.26. The van der Waals surface area contributed by atoms with Gasteiger partial charge in [0, 0.05) is 19.7 Å². The third-order valence-electron chi connectivity index (χ3n) is 6.51. The van der Waals surface area contributed by atoms with E-state index in [-0.39, 0.29) is 29.5 Å². The van der Waals surface area contributed by atoms with Crippen molar-refractivity contribution >= 4 is 27.5 Å². The zero-order valence-corrected chi connectivity index (χ0v) is 22.7. The van der Waals surface area contributed by atoms with E-state index in [1.54, 1.807) is 6.92 Å². The largest absolute Gasteiger partial charge is 0.486 e. The molecule has 39 heavy (non-hydrogen) atoms. The summed E-state index contributed by atoms with van der Waals surface area (Å²) in [7, 11) is -2.87. The number of hydrogen-bond acceptors (Lipinski definition) is 6. The molecule has 0 fully saturated rings. The number of halogens is 1. The van der Waals surface area contributed by atoms with Gasteiger partial charge in [-0.1, -0.05) is 24.3 Å². The molecule has 4 rings (SSSR count). The lowest BCUT2D eigenvalue weighted by Gasteiger charge is -2.32. The van der Waals surface area contributed by atoms with Crippen LogP contribution in [-0.2, 0) is 26.2 Å². The average Bonchev–Trinajstić information content (AvgIpc) is 2.94. The molecule has 1 heterocycles. The lowest BCUT2D eigenvalue weighted by atomic mass is 10.1. The number of nitrogens with zero attached hydrogens (tertiary/aromatic N) is 2. The second-order valence-corrected chi connectivity index (χ2v) is 10.9. The average molecular weight is 556 g/mol. The first-order valence-corrected chi connectivity index (χ1v) is 13.8. The van der Waals surface area contributed by atoms with Gasteiger partial charge in [0.15, 0.2) is 11.5 Å². The van der Waals surface area contributed by atoms with Crippen LogP contribution in [0.2, 0.25) is 0 Å². The Labute approximate surface area is 227 Å². The fraction of sp³-hybridized carbons (Fsp3) is 0.286. The predicted molar refractivity (Wildman–Crippen MR) is 144 cm³/mol. The summed E-state index contributed by atoms with van der Waals surface area (Å²) in [4.78, 5) is 27.6. The molecule has 0 saturated carbocycles. The number of hydrogen-bond donors (Lipinski definition) is 1. The Hall–Kier alpha value is -4.12. The molecule has 0 unspecified atom stereocenters. The van der Waals surface area contributed by atoms with Gasteiger partial charge in [0.25, 0.3) is 10.0 Å². The molecule has 206 valence electrons. The molecule has 3 aromatic rings. The Morgan fingerprint density at radius 2 is 1.67 bits per heavy atom. The van der Waals surface area contributed by atoms with Gasteiger partial charge in [0.1, 0.15) is 31.6 Å². The zero-order chi connectivity index (χ0) is 28.2. The van der Waals surface area contributed by atoms with Crippen LogP contribution in [0.25, 0.3) is 0 Å². The Balaban J connectivity index is 1.73. The number of likely N-dealkylation sites (N-methyl/N-ethyl adjacent to an activating group) is 1. The summed E-state index contributed by atoms with van der Waals surface area (Å²) in [5, 5.41) is 2.54. The Morgan fingerprint density at radius 3 is 2.33 bits per heavy atom. The van der Waals surface area contributed by atoms with Crippen molar-refractivity contribution in [3.05, 3.63) is 83.7 Å². The van der Waals surface area contributed by atoms with Gasteiger partial charge in [0.05, 0.1) is 10.6 Å². The zero-order valence-electron chi connectivity index (χ0n) is 21.9. The summed E-state index contributed by atoms with van der Waals surface area (Å²) in [5.74, 6) is -0.897. The van der Waals surface area contributed by atoms with Crippen molar-refractivity contribution in [1.82, 2.24) is 10.2 Å². The van der Waals surface area contributed by atoms with Gasteiger partial charge in [-0.05, 0) is 61.4 Å². The van der Waals surface area contributed by atoms with Gasteiger partial charge in [-0.2, -0.15) is 0 Å². The van der Waals surface area contributed by atoms with Crippen molar-refractivity contribution in [3.63, 3.8) is 0 Å². The van der Waals surface area contributed by atoms with Gasteiger partial charge in [-0.15, -0.1) is 0 Å². The maximum Gasteiger partial charge on any atom is 0.264 e. The third kappa shape index (κ3) is 6.14. The number of benzene rings is 3. The SMILES string of the molecule is CNC(=O)[C@H](C)N(Cc1ccccc1C)C(=O)CN(c1ccc(F)cc1)S(=O)(=O)c1ccc2c(c1)OCCO2.